The Morgan fingerprint density at radius 3 is 2.71 bits per heavy atom. The molecule has 0 aliphatic heterocycles. The lowest BCUT2D eigenvalue weighted by Gasteiger charge is -2.08. The summed E-state index contributed by atoms with van der Waals surface area (Å²) < 4.78 is 10.3. The number of ether oxygens (including phenoxy) is 2. The minimum Gasteiger partial charge on any atom is -0.488 e. The average Bonchev–Trinajstić information content (AvgIpc) is 2.27. The highest BCUT2D eigenvalue weighted by atomic mass is 35.5. The van der Waals surface area contributed by atoms with Crippen molar-refractivity contribution in [3.63, 3.8) is 0 Å². The van der Waals surface area contributed by atoms with Crippen LogP contribution in [0.5, 0.6) is 5.75 Å². The fourth-order valence-electron chi connectivity index (χ4n) is 1.18. The van der Waals surface area contributed by atoms with Gasteiger partial charge in [-0.2, -0.15) is 0 Å². The summed E-state index contributed by atoms with van der Waals surface area (Å²) in [6.45, 7) is 2.42. The van der Waals surface area contributed by atoms with E-state index < -0.39 is 0 Å². The van der Waals surface area contributed by atoms with Crippen LogP contribution in [0.2, 0.25) is 10.0 Å². The van der Waals surface area contributed by atoms with Gasteiger partial charge in [0.05, 0.1) is 5.02 Å². The minimum atomic E-state index is -0.210. The van der Waals surface area contributed by atoms with Crippen LogP contribution in [-0.4, -0.2) is 19.2 Å². The number of rotatable bonds is 6. The minimum absolute atomic E-state index is 0.210. The van der Waals surface area contributed by atoms with Gasteiger partial charge in [-0.05, 0) is 24.6 Å². The SMILES string of the molecule is CCCC(=O)OCCOc1ccc(Cl)cc1Cl. The van der Waals surface area contributed by atoms with Gasteiger partial charge in [0.1, 0.15) is 19.0 Å². The molecule has 1 aromatic rings. The second-order valence-electron chi connectivity index (χ2n) is 3.39. The Morgan fingerprint density at radius 2 is 2.06 bits per heavy atom. The molecule has 0 fully saturated rings. The van der Waals surface area contributed by atoms with Crippen molar-refractivity contribution in [3.8, 4) is 5.75 Å². The maximum Gasteiger partial charge on any atom is 0.305 e. The molecule has 3 nitrogen and oxygen atoms in total. The largest absolute Gasteiger partial charge is 0.488 e. The van der Waals surface area contributed by atoms with Crippen LogP contribution in [0.15, 0.2) is 18.2 Å². The Balaban J connectivity index is 2.29. The van der Waals surface area contributed by atoms with Gasteiger partial charge >= 0.3 is 5.97 Å². The van der Waals surface area contributed by atoms with Crippen molar-refractivity contribution < 1.29 is 14.3 Å². The van der Waals surface area contributed by atoms with Crippen LogP contribution in [0.25, 0.3) is 0 Å². The fraction of sp³-hybridized carbons (Fsp3) is 0.417. The molecule has 0 aliphatic rings. The lowest BCUT2D eigenvalue weighted by atomic mass is 10.3. The summed E-state index contributed by atoms with van der Waals surface area (Å²) in [6.07, 6.45) is 1.21. The molecule has 1 aromatic carbocycles. The van der Waals surface area contributed by atoms with Crippen LogP contribution in [0.4, 0.5) is 0 Å². The van der Waals surface area contributed by atoms with Crippen LogP contribution in [-0.2, 0) is 9.53 Å². The van der Waals surface area contributed by atoms with Crippen LogP contribution in [0.1, 0.15) is 19.8 Å². The van der Waals surface area contributed by atoms with Crippen molar-refractivity contribution >= 4 is 29.2 Å². The van der Waals surface area contributed by atoms with Gasteiger partial charge in [-0.15, -0.1) is 0 Å². The lowest BCUT2D eigenvalue weighted by molar-refractivity contribution is -0.144. The number of hydrogen-bond donors (Lipinski definition) is 0. The first-order chi connectivity index (χ1) is 8.13. The Bertz CT molecular complexity index is 380. The fourth-order valence-corrected chi connectivity index (χ4v) is 1.64. The van der Waals surface area contributed by atoms with Crippen molar-refractivity contribution in [3.05, 3.63) is 28.2 Å². The Hall–Kier alpha value is -0.930. The summed E-state index contributed by atoms with van der Waals surface area (Å²) in [7, 11) is 0. The van der Waals surface area contributed by atoms with E-state index in [1.54, 1.807) is 18.2 Å². The van der Waals surface area contributed by atoms with Crippen molar-refractivity contribution in [1.82, 2.24) is 0 Å². The van der Waals surface area contributed by atoms with E-state index in [2.05, 4.69) is 0 Å². The van der Waals surface area contributed by atoms with E-state index in [4.69, 9.17) is 32.7 Å². The zero-order valence-corrected chi connectivity index (χ0v) is 11.1. The zero-order chi connectivity index (χ0) is 12.7. The Labute approximate surface area is 111 Å². The van der Waals surface area contributed by atoms with Crippen molar-refractivity contribution in [2.45, 2.75) is 19.8 Å². The molecule has 0 heterocycles. The molecule has 0 saturated heterocycles. The van der Waals surface area contributed by atoms with Gasteiger partial charge in [0.15, 0.2) is 0 Å². The second kappa shape index (κ2) is 7.41. The molecule has 5 heteroatoms. The van der Waals surface area contributed by atoms with Gasteiger partial charge in [-0.3, -0.25) is 4.79 Å². The van der Waals surface area contributed by atoms with Gasteiger partial charge in [-0.25, -0.2) is 0 Å². The van der Waals surface area contributed by atoms with Crippen molar-refractivity contribution in [2.75, 3.05) is 13.2 Å². The van der Waals surface area contributed by atoms with Crippen LogP contribution in [0.3, 0.4) is 0 Å². The number of carbonyl (C=O) groups excluding carboxylic acids is 1. The topological polar surface area (TPSA) is 35.5 Å². The monoisotopic (exact) mass is 276 g/mol. The Morgan fingerprint density at radius 1 is 1.29 bits per heavy atom. The first kappa shape index (κ1) is 14.1. The molecule has 0 saturated carbocycles. The summed E-state index contributed by atoms with van der Waals surface area (Å²) in [5.41, 5.74) is 0. The zero-order valence-electron chi connectivity index (χ0n) is 9.54. The summed E-state index contributed by atoms with van der Waals surface area (Å²) in [5, 5.41) is 0.995. The van der Waals surface area contributed by atoms with E-state index in [0.717, 1.165) is 6.42 Å². The molecular weight excluding hydrogens is 263 g/mol. The third-order valence-corrected chi connectivity index (χ3v) is 2.48. The highest BCUT2D eigenvalue weighted by molar-refractivity contribution is 6.35. The van der Waals surface area contributed by atoms with Crippen LogP contribution >= 0.6 is 23.2 Å². The predicted octanol–water partition coefficient (Wildman–Crippen LogP) is 3.72. The first-order valence-electron chi connectivity index (χ1n) is 5.37. The smallest absolute Gasteiger partial charge is 0.305 e. The van der Waals surface area contributed by atoms with Crippen molar-refractivity contribution in [2.24, 2.45) is 0 Å². The Kier molecular flexibility index (Phi) is 6.16. The summed E-state index contributed by atoms with van der Waals surface area (Å²) in [6, 6.07) is 4.96. The van der Waals surface area contributed by atoms with Crippen LogP contribution < -0.4 is 4.74 Å². The molecule has 1 rings (SSSR count). The van der Waals surface area contributed by atoms with Crippen LogP contribution in [0, 0.1) is 0 Å². The molecule has 0 radical (unpaired) electrons. The highest BCUT2D eigenvalue weighted by Gasteiger charge is 2.03. The number of halogens is 2. The standard InChI is InChI=1S/C12H14Cl2O3/c1-2-3-12(15)17-7-6-16-11-5-4-9(13)8-10(11)14/h4-5,8H,2-3,6-7H2,1H3. The molecule has 0 spiro atoms. The number of benzene rings is 1. The molecule has 0 amide bonds. The first-order valence-corrected chi connectivity index (χ1v) is 6.12. The molecule has 0 aliphatic carbocycles. The van der Waals surface area contributed by atoms with E-state index in [9.17, 15) is 4.79 Å². The molecule has 17 heavy (non-hydrogen) atoms. The van der Waals surface area contributed by atoms with E-state index in [1.165, 1.54) is 0 Å². The summed E-state index contributed by atoms with van der Waals surface area (Å²) >= 11 is 11.6. The average molecular weight is 277 g/mol. The molecular formula is C12H14Cl2O3. The normalized spacial score (nSPS) is 10.1. The van der Waals surface area contributed by atoms with E-state index >= 15 is 0 Å². The molecule has 0 unspecified atom stereocenters. The maximum atomic E-state index is 11.0. The number of carbonyl (C=O) groups is 1. The third-order valence-electron chi connectivity index (χ3n) is 1.95. The van der Waals surface area contributed by atoms with Crippen molar-refractivity contribution in [1.29, 1.82) is 0 Å². The summed E-state index contributed by atoms with van der Waals surface area (Å²) in [5.74, 6) is 0.320. The molecule has 0 atom stereocenters. The molecule has 94 valence electrons. The van der Waals surface area contributed by atoms with Gasteiger partial charge in [0.25, 0.3) is 0 Å². The van der Waals surface area contributed by atoms with Gasteiger partial charge in [0.2, 0.25) is 0 Å². The molecule has 0 bridgehead atoms. The predicted molar refractivity (Wildman–Crippen MR) is 67.8 cm³/mol. The maximum absolute atomic E-state index is 11.0. The highest BCUT2D eigenvalue weighted by Crippen LogP contribution is 2.27. The molecule has 0 aromatic heterocycles. The lowest BCUT2D eigenvalue weighted by Crippen LogP contribution is -2.11. The van der Waals surface area contributed by atoms with E-state index in [0.29, 0.717) is 22.2 Å². The van der Waals surface area contributed by atoms with Gasteiger partial charge < -0.3 is 9.47 Å². The number of esters is 1. The summed E-state index contributed by atoms with van der Waals surface area (Å²) in [4.78, 5) is 11.0. The van der Waals surface area contributed by atoms with Gasteiger partial charge in [-0.1, -0.05) is 30.1 Å². The number of hydrogen-bond acceptors (Lipinski definition) is 3. The van der Waals surface area contributed by atoms with E-state index in [1.807, 2.05) is 6.92 Å². The van der Waals surface area contributed by atoms with E-state index in [-0.39, 0.29) is 19.2 Å². The second-order valence-corrected chi connectivity index (χ2v) is 4.24. The third kappa shape index (κ3) is 5.29. The van der Waals surface area contributed by atoms with Gasteiger partial charge in [0, 0.05) is 11.4 Å². The molecule has 0 N–H and O–H groups in total. The quantitative estimate of drug-likeness (QED) is 0.587.